The van der Waals surface area contributed by atoms with Gasteiger partial charge in [-0.3, -0.25) is 0 Å². The first-order valence-corrected chi connectivity index (χ1v) is 6.63. The van der Waals surface area contributed by atoms with E-state index in [4.69, 9.17) is 11.6 Å². The number of benzene rings is 1. The van der Waals surface area contributed by atoms with E-state index < -0.39 is 0 Å². The first-order chi connectivity index (χ1) is 8.74. The lowest BCUT2D eigenvalue weighted by atomic mass is 10.2. The number of nitrogens with one attached hydrogen (secondary N) is 1. The summed E-state index contributed by atoms with van der Waals surface area (Å²) in [5.74, 6) is 0. The molecule has 0 amide bonds. The van der Waals surface area contributed by atoms with E-state index in [9.17, 15) is 0 Å². The van der Waals surface area contributed by atoms with Gasteiger partial charge in [-0.05, 0) is 37.5 Å². The summed E-state index contributed by atoms with van der Waals surface area (Å²) in [6, 6.07) is 6.64. The van der Waals surface area contributed by atoms with Crippen molar-refractivity contribution >= 4 is 11.6 Å². The summed E-state index contributed by atoms with van der Waals surface area (Å²) in [5.41, 5.74) is 3.24. The highest BCUT2D eigenvalue weighted by Crippen LogP contribution is 2.22. The molecule has 0 bridgehead atoms. The molecule has 0 aliphatic heterocycles. The van der Waals surface area contributed by atoms with Gasteiger partial charge in [0.2, 0.25) is 0 Å². The molecule has 1 aliphatic rings. The molecule has 0 atom stereocenters. The van der Waals surface area contributed by atoms with Gasteiger partial charge in [-0.25, -0.2) is 4.98 Å². The van der Waals surface area contributed by atoms with E-state index in [1.54, 1.807) is 0 Å². The molecular weight excluding hydrogens is 246 g/mol. The lowest BCUT2D eigenvalue weighted by molar-refractivity contribution is 0.677. The average molecular weight is 262 g/mol. The van der Waals surface area contributed by atoms with Crippen LogP contribution in [0.15, 0.2) is 30.7 Å². The Morgan fingerprint density at radius 1 is 1.44 bits per heavy atom. The van der Waals surface area contributed by atoms with E-state index >= 15 is 0 Å². The van der Waals surface area contributed by atoms with Gasteiger partial charge < -0.3 is 9.88 Å². The van der Waals surface area contributed by atoms with Gasteiger partial charge in [0.1, 0.15) is 0 Å². The minimum atomic E-state index is 0.711. The van der Waals surface area contributed by atoms with Crippen molar-refractivity contribution in [2.24, 2.45) is 0 Å². The third kappa shape index (κ3) is 2.42. The van der Waals surface area contributed by atoms with E-state index in [2.05, 4.69) is 22.6 Å². The lowest BCUT2D eigenvalue weighted by Gasteiger charge is -2.07. The highest BCUT2D eigenvalue weighted by molar-refractivity contribution is 6.31. The average Bonchev–Trinajstić information content (AvgIpc) is 3.08. The molecular formula is C14H16ClN3. The molecule has 1 fully saturated rings. The van der Waals surface area contributed by atoms with Crippen LogP contribution in [-0.2, 0) is 6.54 Å². The van der Waals surface area contributed by atoms with E-state index in [1.165, 1.54) is 12.8 Å². The minimum Gasteiger partial charge on any atom is -0.308 e. The van der Waals surface area contributed by atoms with Crippen LogP contribution in [0.5, 0.6) is 0 Å². The van der Waals surface area contributed by atoms with Gasteiger partial charge in [-0.15, -0.1) is 0 Å². The lowest BCUT2D eigenvalue weighted by Crippen LogP contribution is -2.15. The maximum atomic E-state index is 6.14. The molecule has 1 aromatic carbocycles. The van der Waals surface area contributed by atoms with Gasteiger partial charge in [0.25, 0.3) is 0 Å². The van der Waals surface area contributed by atoms with E-state index in [-0.39, 0.29) is 0 Å². The second kappa shape index (κ2) is 4.75. The predicted molar refractivity (Wildman–Crippen MR) is 73.2 cm³/mol. The summed E-state index contributed by atoms with van der Waals surface area (Å²) in [6.07, 6.45) is 6.51. The van der Waals surface area contributed by atoms with Gasteiger partial charge in [-0.2, -0.15) is 0 Å². The van der Waals surface area contributed by atoms with Crippen LogP contribution in [0.4, 0.5) is 0 Å². The zero-order valence-corrected chi connectivity index (χ0v) is 11.1. The third-order valence-corrected chi connectivity index (χ3v) is 3.71. The first-order valence-electron chi connectivity index (χ1n) is 6.26. The highest BCUT2D eigenvalue weighted by atomic mass is 35.5. The quantitative estimate of drug-likeness (QED) is 0.917. The van der Waals surface area contributed by atoms with Crippen molar-refractivity contribution in [3.05, 3.63) is 47.0 Å². The van der Waals surface area contributed by atoms with Crippen molar-refractivity contribution in [3.8, 4) is 5.69 Å². The molecule has 0 unspecified atom stereocenters. The SMILES string of the molecule is Cc1c(Cl)cccc1-n1cnc(CNC2CC2)c1. The van der Waals surface area contributed by atoms with Gasteiger partial charge in [-0.1, -0.05) is 17.7 Å². The van der Waals surface area contributed by atoms with Crippen molar-refractivity contribution in [2.75, 3.05) is 0 Å². The van der Waals surface area contributed by atoms with Crippen LogP contribution in [0.1, 0.15) is 24.1 Å². The Morgan fingerprint density at radius 3 is 3.06 bits per heavy atom. The summed E-state index contributed by atoms with van der Waals surface area (Å²) >= 11 is 6.14. The number of aromatic nitrogens is 2. The molecule has 3 rings (SSSR count). The van der Waals surface area contributed by atoms with Crippen LogP contribution in [-0.4, -0.2) is 15.6 Å². The summed E-state index contributed by atoms with van der Waals surface area (Å²) in [6.45, 7) is 2.87. The molecule has 0 radical (unpaired) electrons. The normalized spacial score (nSPS) is 15.0. The Morgan fingerprint density at radius 2 is 2.28 bits per heavy atom. The Balaban J connectivity index is 1.80. The van der Waals surface area contributed by atoms with Gasteiger partial charge in [0, 0.05) is 23.8 Å². The first kappa shape index (κ1) is 11.8. The molecule has 3 nitrogen and oxygen atoms in total. The van der Waals surface area contributed by atoms with Crippen LogP contribution >= 0.6 is 11.6 Å². The maximum absolute atomic E-state index is 6.14. The fourth-order valence-corrected chi connectivity index (χ4v) is 2.17. The molecule has 0 saturated heterocycles. The smallest absolute Gasteiger partial charge is 0.0995 e. The van der Waals surface area contributed by atoms with Gasteiger partial charge in [0.15, 0.2) is 0 Å². The van der Waals surface area contributed by atoms with Crippen LogP contribution in [0.3, 0.4) is 0 Å². The Kier molecular flexibility index (Phi) is 3.10. The molecule has 1 N–H and O–H groups in total. The second-order valence-electron chi connectivity index (χ2n) is 4.81. The summed E-state index contributed by atoms with van der Waals surface area (Å²) in [7, 11) is 0. The largest absolute Gasteiger partial charge is 0.308 e. The molecule has 4 heteroatoms. The van der Waals surface area contributed by atoms with E-state index in [1.807, 2.05) is 30.0 Å². The topological polar surface area (TPSA) is 29.9 Å². The van der Waals surface area contributed by atoms with Crippen molar-refractivity contribution in [1.82, 2.24) is 14.9 Å². The summed E-state index contributed by atoms with van der Waals surface area (Å²) in [4.78, 5) is 4.42. The van der Waals surface area contributed by atoms with Crippen molar-refractivity contribution in [1.29, 1.82) is 0 Å². The second-order valence-corrected chi connectivity index (χ2v) is 5.22. The fourth-order valence-electron chi connectivity index (χ4n) is 2.00. The number of rotatable bonds is 4. The zero-order valence-electron chi connectivity index (χ0n) is 10.4. The van der Waals surface area contributed by atoms with Crippen molar-refractivity contribution < 1.29 is 0 Å². The van der Waals surface area contributed by atoms with Gasteiger partial charge in [0.05, 0.1) is 17.7 Å². The van der Waals surface area contributed by atoms with Crippen LogP contribution in [0, 0.1) is 6.92 Å². The summed E-state index contributed by atoms with van der Waals surface area (Å²) in [5, 5.41) is 4.25. The number of halogens is 1. The molecule has 18 heavy (non-hydrogen) atoms. The van der Waals surface area contributed by atoms with Crippen LogP contribution in [0.2, 0.25) is 5.02 Å². The van der Waals surface area contributed by atoms with E-state index in [0.29, 0.717) is 6.04 Å². The molecule has 94 valence electrons. The molecule has 2 aromatic rings. The Hall–Kier alpha value is -1.32. The molecule has 1 aliphatic carbocycles. The number of hydrogen-bond donors (Lipinski definition) is 1. The van der Waals surface area contributed by atoms with Crippen LogP contribution < -0.4 is 5.32 Å². The Bertz CT molecular complexity index is 558. The number of nitrogens with zero attached hydrogens (tertiary/aromatic N) is 2. The van der Waals surface area contributed by atoms with Gasteiger partial charge >= 0.3 is 0 Å². The standard InChI is InChI=1S/C14H16ClN3/c1-10-13(15)3-2-4-14(10)18-8-12(17-9-18)7-16-11-5-6-11/h2-4,8-9,11,16H,5-7H2,1H3. The Labute approximate surface area is 112 Å². The monoisotopic (exact) mass is 261 g/mol. The van der Waals surface area contributed by atoms with E-state index in [0.717, 1.165) is 28.5 Å². The minimum absolute atomic E-state index is 0.711. The number of imidazole rings is 1. The van der Waals surface area contributed by atoms with Crippen molar-refractivity contribution in [3.63, 3.8) is 0 Å². The highest BCUT2D eigenvalue weighted by Gasteiger charge is 2.20. The predicted octanol–water partition coefficient (Wildman–Crippen LogP) is 3.09. The van der Waals surface area contributed by atoms with Crippen LogP contribution in [0.25, 0.3) is 5.69 Å². The molecule has 0 spiro atoms. The molecule has 1 heterocycles. The maximum Gasteiger partial charge on any atom is 0.0995 e. The zero-order chi connectivity index (χ0) is 12.5. The molecule has 1 aromatic heterocycles. The summed E-state index contributed by atoms with van der Waals surface area (Å²) < 4.78 is 2.03. The molecule has 1 saturated carbocycles. The van der Waals surface area contributed by atoms with Crippen molar-refractivity contribution in [2.45, 2.75) is 32.4 Å². The fraction of sp³-hybridized carbons (Fsp3) is 0.357. The third-order valence-electron chi connectivity index (χ3n) is 3.30. The number of hydrogen-bond acceptors (Lipinski definition) is 2.